The number of hydrogen-bond donors (Lipinski definition) is 0. The Bertz CT molecular complexity index is 686. The van der Waals surface area contributed by atoms with Gasteiger partial charge in [-0.3, -0.25) is 4.79 Å². The summed E-state index contributed by atoms with van der Waals surface area (Å²) in [6, 6.07) is 17.4. The number of para-hydroxylation sites is 1. The van der Waals surface area contributed by atoms with Gasteiger partial charge in [0.05, 0.1) is 11.3 Å². The molecule has 0 aliphatic rings. The second-order valence-corrected chi connectivity index (χ2v) is 5.07. The van der Waals surface area contributed by atoms with Gasteiger partial charge < -0.3 is 4.90 Å². The van der Waals surface area contributed by atoms with Crippen LogP contribution in [0.1, 0.15) is 23.1 Å². The van der Waals surface area contributed by atoms with Crippen LogP contribution in [0.15, 0.2) is 48.5 Å². The zero-order valence-corrected chi connectivity index (χ0v) is 12.3. The Balaban J connectivity index is 2.05. The molecule has 0 spiro atoms. The van der Waals surface area contributed by atoms with Crippen LogP contribution in [-0.2, 0) is 11.2 Å². The number of rotatable bonds is 4. The molecule has 0 bridgehead atoms. The maximum atomic E-state index is 12.3. The monoisotopic (exact) mass is 278 g/mol. The number of carbonyl (C=O) groups is 1. The molecule has 0 aliphatic heterocycles. The van der Waals surface area contributed by atoms with Crippen LogP contribution in [0.25, 0.3) is 0 Å². The molecule has 106 valence electrons. The van der Waals surface area contributed by atoms with Crippen molar-refractivity contribution in [2.75, 3.05) is 11.9 Å². The average molecular weight is 278 g/mol. The van der Waals surface area contributed by atoms with E-state index in [-0.39, 0.29) is 5.91 Å². The summed E-state index contributed by atoms with van der Waals surface area (Å²) in [7, 11) is 1.72. The van der Waals surface area contributed by atoms with E-state index in [2.05, 4.69) is 12.1 Å². The van der Waals surface area contributed by atoms with E-state index in [1.165, 1.54) is 5.56 Å². The molecule has 0 radical (unpaired) electrons. The number of anilines is 1. The number of benzene rings is 2. The summed E-state index contributed by atoms with van der Waals surface area (Å²) in [4.78, 5) is 13.9. The molecule has 0 heterocycles. The third kappa shape index (κ3) is 3.70. The minimum Gasteiger partial charge on any atom is -0.314 e. The van der Waals surface area contributed by atoms with Gasteiger partial charge in [0.1, 0.15) is 6.07 Å². The largest absolute Gasteiger partial charge is 0.314 e. The van der Waals surface area contributed by atoms with Crippen molar-refractivity contribution in [2.45, 2.75) is 19.8 Å². The van der Waals surface area contributed by atoms with Crippen LogP contribution in [-0.4, -0.2) is 13.0 Å². The molecule has 0 unspecified atom stereocenters. The van der Waals surface area contributed by atoms with E-state index in [9.17, 15) is 4.79 Å². The maximum Gasteiger partial charge on any atom is 0.227 e. The predicted octanol–water partition coefficient (Wildman–Crippen LogP) is 3.46. The lowest BCUT2D eigenvalue weighted by molar-refractivity contribution is -0.118. The smallest absolute Gasteiger partial charge is 0.227 e. The van der Waals surface area contributed by atoms with Crippen molar-refractivity contribution >= 4 is 11.6 Å². The van der Waals surface area contributed by atoms with Gasteiger partial charge in [-0.05, 0) is 31.0 Å². The first-order valence-electron chi connectivity index (χ1n) is 6.93. The second kappa shape index (κ2) is 6.71. The van der Waals surface area contributed by atoms with Gasteiger partial charge in [0.15, 0.2) is 0 Å². The van der Waals surface area contributed by atoms with E-state index in [4.69, 9.17) is 5.26 Å². The molecule has 0 saturated carbocycles. The van der Waals surface area contributed by atoms with Crippen molar-refractivity contribution in [2.24, 2.45) is 0 Å². The minimum absolute atomic E-state index is 0.0132. The van der Waals surface area contributed by atoms with E-state index in [0.29, 0.717) is 24.1 Å². The SMILES string of the molecule is Cc1cccc(CCC(=O)N(C)c2ccccc2C#N)c1. The molecular weight excluding hydrogens is 260 g/mol. The molecular formula is C18H18N2O. The molecule has 3 heteroatoms. The van der Waals surface area contributed by atoms with Crippen molar-refractivity contribution in [1.82, 2.24) is 0 Å². The number of carbonyl (C=O) groups excluding carboxylic acids is 1. The number of amides is 1. The molecule has 0 fully saturated rings. The summed E-state index contributed by atoms with van der Waals surface area (Å²) in [5, 5.41) is 9.10. The van der Waals surface area contributed by atoms with E-state index in [0.717, 1.165) is 5.56 Å². The molecule has 2 aromatic carbocycles. The zero-order valence-electron chi connectivity index (χ0n) is 12.3. The Hall–Kier alpha value is -2.60. The summed E-state index contributed by atoms with van der Waals surface area (Å²) in [5.74, 6) is 0.0132. The van der Waals surface area contributed by atoms with Gasteiger partial charge in [-0.1, -0.05) is 42.0 Å². The average Bonchev–Trinajstić information content (AvgIpc) is 2.52. The highest BCUT2D eigenvalue weighted by molar-refractivity contribution is 5.94. The standard InChI is InChI=1S/C18H18N2O/c1-14-6-5-7-15(12-14)10-11-18(21)20(2)17-9-4-3-8-16(17)13-19/h3-9,12H,10-11H2,1-2H3. The Morgan fingerprint density at radius 2 is 1.95 bits per heavy atom. The molecule has 0 atom stereocenters. The van der Waals surface area contributed by atoms with Gasteiger partial charge in [0.25, 0.3) is 0 Å². The van der Waals surface area contributed by atoms with Gasteiger partial charge in [0, 0.05) is 13.5 Å². The lowest BCUT2D eigenvalue weighted by atomic mass is 10.1. The molecule has 3 nitrogen and oxygen atoms in total. The Morgan fingerprint density at radius 1 is 1.19 bits per heavy atom. The maximum absolute atomic E-state index is 12.3. The van der Waals surface area contributed by atoms with Crippen molar-refractivity contribution in [3.05, 3.63) is 65.2 Å². The summed E-state index contributed by atoms with van der Waals surface area (Å²) in [6.45, 7) is 2.04. The van der Waals surface area contributed by atoms with Gasteiger partial charge >= 0.3 is 0 Å². The van der Waals surface area contributed by atoms with Crippen molar-refractivity contribution in [3.63, 3.8) is 0 Å². The number of hydrogen-bond acceptors (Lipinski definition) is 2. The highest BCUT2D eigenvalue weighted by atomic mass is 16.2. The van der Waals surface area contributed by atoms with E-state index >= 15 is 0 Å². The third-order valence-electron chi connectivity index (χ3n) is 3.47. The number of aryl methyl sites for hydroxylation is 2. The topological polar surface area (TPSA) is 44.1 Å². The van der Waals surface area contributed by atoms with Gasteiger partial charge in [-0.25, -0.2) is 0 Å². The van der Waals surface area contributed by atoms with Crippen molar-refractivity contribution < 1.29 is 4.79 Å². The van der Waals surface area contributed by atoms with Gasteiger partial charge in [-0.15, -0.1) is 0 Å². The fourth-order valence-electron chi connectivity index (χ4n) is 2.28. The Morgan fingerprint density at radius 3 is 2.67 bits per heavy atom. The van der Waals surface area contributed by atoms with Gasteiger partial charge in [0.2, 0.25) is 5.91 Å². The highest BCUT2D eigenvalue weighted by Crippen LogP contribution is 2.19. The van der Waals surface area contributed by atoms with E-state index < -0.39 is 0 Å². The highest BCUT2D eigenvalue weighted by Gasteiger charge is 2.14. The first-order valence-corrected chi connectivity index (χ1v) is 6.93. The molecule has 1 amide bonds. The lowest BCUT2D eigenvalue weighted by Gasteiger charge is -2.18. The first-order chi connectivity index (χ1) is 10.1. The van der Waals surface area contributed by atoms with E-state index in [1.54, 1.807) is 30.1 Å². The van der Waals surface area contributed by atoms with Crippen molar-refractivity contribution in [1.29, 1.82) is 5.26 Å². The molecule has 2 rings (SSSR count). The number of nitriles is 1. The van der Waals surface area contributed by atoms with Crippen LogP contribution in [0.5, 0.6) is 0 Å². The third-order valence-corrected chi connectivity index (χ3v) is 3.47. The van der Waals surface area contributed by atoms with Crippen LogP contribution in [0.4, 0.5) is 5.69 Å². The first kappa shape index (κ1) is 14.8. The quantitative estimate of drug-likeness (QED) is 0.859. The molecule has 2 aromatic rings. The summed E-state index contributed by atoms with van der Waals surface area (Å²) < 4.78 is 0. The van der Waals surface area contributed by atoms with Gasteiger partial charge in [-0.2, -0.15) is 5.26 Å². The fourth-order valence-corrected chi connectivity index (χ4v) is 2.28. The fraction of sp³-hybridized carbons (Fsp3) is 0.222. The second-order valence-electron chi connectivity index (χ2n) is 5.07. The normalized spacial score (nSPS) is 9.95. The summed E-state index contributed by atoms with van der Waals surface area (Å²) >= 11 is 0. The van der Waals surface area contributed by atoms with Crippen LogP contribution in [0.2, 0.25) is 0 Å². The van der Waals surface area contributed by atoms with Crippen molar-refractivity contribution in [3.8, 4) is 6.07 Å². The molecule has 0 aromatic heterocycles. The van der Waals surface area contributed by atoms with Crippen LogP contribution < -0.4 is 4.90 Å². The molecule has 0 N–H and O–H groups in total. The van der Waals surface area contributed by atoms with E-state index in [1.807, 2.05) is 31.2 Å². The number of nitrogens with zero attached hydrogens (tertiary/aromatic N) is 2. The van der Waals surface area contributed by atoms with Crippen LogP contribution in [0, 0.1) is 18.3 Å². The molecule has 0 aliphatic carbocycles. The Labute approximate surface area is 125 Å². The molecule has 21 heavy (non-hydrogen) atoms. The molecule has 0 saturated heterocycles. The predicted molar refractivity (Wildman–Crippen MR) is 84.1 cm³/mol. The minimum atomic E-state index is 0.0132. The zero-order chi connectivity index (χ0) is 15.2. The lowest BCUT2D eigenvalue weighted by Crippen LogP contribution is -2.27. The summed E-state index contributed by atoms with van der Waals surface area (Å²) in [6.07, 6.45) is 1.14. The summed E-state index contributed by atoms with van der Waals surface area (Å²) in [5.41, 5.74) is 3.53. The van der Waals surface area contributed by atoms with Crippen LogP contribution in [0.3, 0.4) is 0 Å². The Kier molecular flexibility index (Phi) is 4.73. The van der Waals surface area contributed by atoms with Crippen LogP contribution >= 0.6 is 0 Å².